The van der Waals surface area contributed by atoms with Crippen molar-refractivity contribution in [2.75, 3.05) is 19.7 Å². The van der Waals surface area contributed by atoms with Crippen LogP contribution in [0.4, 0.5) is 0 Å². The molecule has 0 atom stereocenters. The fourth-order valence-electron chi connectivity index (χ4n) is 2.46. The third kappa shape index (κ3) is 3.63. The fourth-order valence-corrected chi connectivity index (χ4v) is 4.14. The van der Waals surface area contributed by atoms with Crippen LogP contribution >= 0.6 is 0 Å². The van der Waals surface area contributed by atoms with Crippen LogP contribution in [0.3, 0.4) is 0 Å². The molecule has 1 aromatic carbocycles. The highest BCUT2D eigenvalue weighted by atomic mass is 32.2. The van der Waals surface area contributed by atoms with Crippen LogP contribution in [0.2, 0.25) is 0 Å². The number of hydrogen-bond acceptors (Lipinski definition) is 4. The lowest BCUT2D eigenvalue weighted by atomic mass is 10.2. The highest BCUT2D eigenvalue weighted by Crippen LogP contribution is 2.25. The number of rotatable bonds is 8. The predicted octanol–water partition coefficient (Wildman–Crippen LogP) is 2.41. The van der Waals surface area contributed by atoms with E-state index in [0.29, 0.717) is 11.9 Å². The van der Waals surface area contributed by atoms with Crippen LogP contribution in [0.25, 0.3) is 10.8 Å². The van der Waals surface area contributed by atoms with Gasteiger partial charge in [-0.05, 0) is 18.6 Å². The minimum atomic E-state index is -3.62. The Hall–Kier alpha value is -1.50. The molecular formula is C16H22N2O3S. The Bertz CT molecular complexity index is 711. The number of aliphatic hydroxyl groups excluding tert-OH is 1. The summed E-state index contributed by atoms with van der Waals surface area (Å²) >= 11 is 0. The first-order valence-corrected chi connectivity index (χ1v) is 8.99. The molecule has 120 valence electrons. The van der Waals surface area contributed by atoms with E-state index in [0.717, 1.165) is 24.6 Å². The molecule has 0 aliphatic heterocycles. The molecule has 0 spiro atoms. The van der Waals surface area contributed by atoms with E-state index in [1.165, 1.54) is 4.31 Å². The molecule has 22 heavy (non-hydrogen) atoms. The number of hydrogen-bond donors (Lipinski definition) is 1. The van der Waals surface area contributed by atoms with Gasteiger partial charge in [0.25, 0.3) is 0 Å². The van der Waals surface area contributed by atoms with Crippen molar-refractivity contribution >= 4 is 20.8 Å². The summed E-state index contributed by atoms with van der Waals surface area (Å²) in [7, 11) is -3.62. The van der Waals surface area contributed by atoms with Gasteiger partial charge in [0.2, 0.25) is 10.0 Å². The van der Waals surface area contributed by atoms with E-state index in [1.54, 1.807) is 30.6 Å². The van der Waals surface area contributed by atoms with Crippen molar-refractivity contribution in [2.24, 2.45) is 0 Å². The molecule has 0 aliphatic rings. The van der Waals surface area contributed by atoms with Crippen molar-refractivity contribution in [1.82, 2.24) is 9.29 Å². The zero-order valence-electron chi connectivity index (χ0n) is 12.8. The lowest BCUT2D eigenvalue weighted by Crippen LogP contribution is -2.34. The van der Waals surface area contributed by atoms with E-state index < -0.39 is 10.0 Å². The van der Waals surface area contributed by atoms with Crippen LogP contribution in [0.1, 0.15) is 26.2 Å². The van der Waals surface area contributed by atoms with Gasteiger partial charge in [0, 0.05) is 36.3 Å². The molecule has 1 N–H and O–H groups in total. The number of sulfonamides is 1. The molecule has 0 fully saturated rings. The van der Waals surface area contributed by atoms with Gasteiger partial charge in [0.15, 0.2) is 0 Å². The Balaban J connectivity index is 2.40. The number of aliphatic hydroxyl groups is 1. The van der Waals surface area contributed by atoms with E-state index in [4.69, 9.17) is 0 Å². The molecule has 0 radical (unpaired) electrons. The maximum Gasteiger partial charge on any atom is 0.243 e. The van der Waals surface area contributed by atoms with Gasteiger partial charge < -0.3 is 5.11 Å². The van der Waals surface area contributed by atoms with Crippen LogP contribution in [-0.4, -0.2) is 42.5 Å². The summed E-state index contributed by atoms with van der Waals surface area (Å²) < 4.78 is 27.2. The van der Waals surface area contributed by atoms with Crippen molar-refractivity contribution in [3.63, 3.8) is 0 Å². The number of pyridine rings is 1. The zero-order valence-corrected chi connectivity index (χ0v) is 13.6. The molecule has 6 heteroatoms. The van der Waals surface area contributed by atoms with Crippen LogP contribution < -0.4 is 0 Å². The Morgan fingerprint density at radius 1 is 1.18 bits per heavy atom. The SMILES string of the molecule is CCCCCN(CCO)S(=O)(=O)c1cccc2cnccc12. The third-order valence-corrected chi connectivity index (χ3v) is 5.58. The number of aromatic nitrogens is 1. The summed E-state index contributed by atoms with van der Waals surface area (Å²) in [6.07, 6.45) is 6.03. The highest BCUT2D eigenvalue weighted by molar-refractivity contribution is 7.89. The molecule has 0 unspecified atom stereocenters. The van der Waals surface area contributed by atoms with E-state index in [1.807, 2.05) is 6.07 Å². The monoisotopic (exact) mass is 322 g/mol. The van der Waals surface area contributed by atoms with Gasteiger partial charge in [-0.1, -0.05) is 31.9 Å². The summed E-state index contributed by atoms with van der Waals surface area (Å²) in [5.41, 5.74) is 0. The van der Waals surface area contributed by atoms with Gasteiger partial charge in [0.1, 0.15) is 0 Å². The average Bonchev–Trinajstić information content (AvgIpc) is 2.53. The number of benzene rings is 1. The largest absolute Gasteiger partial charge is 0.395 e. The smallest absolute Gasteiger partial charge is 0.243 e. The number of unbranched alkanes of at least 4 members (excludes halogenated alkanes) is 2. The van der Waals surface area contributed by atoms with Crippen molar-refractivity contribution < 1.29 is 13.5 Å². The lowest BCUT2D eigenvalue weighted by molar-refractivity contribution is 0.252. The Morgan fingerprint density at radius 2 is 2.00 bits per heavy atom. The van der Waals surface area contributed by atoms with E-state index in [-0.39, 0.29) is 18.0 Å². The molecule has 0 saturated heterocycles. The molecule has 0 aliphatic carbocycles. The maximum atomic E-state index is 12.9. The molecule has 2 rings (SSSR count). The van der Waals surface area contributed by atoms with E-state index in [9.17, 15) is 13.5 Å². The van der Waals surface area contributed by atoms with E-state index >= 15 is 0 Å². The summed E-state index contributed by atoms with van der Waals surface area (Å²) in [5, 5.41) is 10.7. The van der Waals surface area contributed by atoms with Crippen LogP contribution in [0.5, 0.6) is 0 Å². The molecule has 1 heterocycles. The molecular weight excluding hydrogens is 300 g/mol. The van der Waals surface area contributed by atoms with Gasteiger partial charge in [-0.2, -0.15) is 4.31 Å². The van der Waals surface area contributed by atoms with Crippen LogP contribution in [-0.2, 0) is 10.0 Å². The quantitative estimate of drug-likeness (QED) is 0.758. The van der Waals surface area contributed by atoms with Crippen LogP contribution in [0.15, 0.2) is 41.6 Å². The zero-order chi connectivity index (χ0) is 16.0. The van der Waals surface area contributed by atoms with Crippen LogP contribution in [0, 0.1) is 0 Å². The summed E-state index contributed by atoms with van der Waals surface area (Å²) in [6, 6.07) is 6.89. The average molecular weight is 322 g/mol. The Labute approximate surface area is 131 Å². The van der Waals surface area contributed by atoms with Gasteiger partial charge in [-0.15, -0.1) is 0 Å². The minimum absolute atomic E-state index is 0.119. The second kappa shape index (κ2) is 7.67. The number of nitrogens with zero attached hydrogens (tertiary/aromatic N) is 2. The van der Waals surface area contributed by atoms with Crippen molar-refractivity contribution in [2.45, 2.75) is 31.1 Å². The molecule has 5 nitrogen and oxygen atoms in total. The molecule has 0 bridgehead atoms. The summed E-state index contributed by atoms with van der Waals surface area (Å²) in [6.45, 7) is 2.44. The second-order valence-corrected chi connectivity index (χ2v) is 7.09. The Kier molecular flexibility index (Phi) is 5.88. The summed E-state index contributed by atoms with van der Waals surface area (Å²) in [5.74, 6) is 0. The maximum absolute atomic E-state index is 12.9. The molecule has 0 saturated carbocycles. The molecule has 1 aromatic heterocycles. The van der Waals surface area contributed by atoms with E-state index in [2.05, 4.69) is 11.9 Å². The van der Waals surface area contributed by atoms with Gasteiger partial charge in [-0.3, -0.25) is 4.98 Å². The number of fused-ring (bicyclic) bond motifs is 1. The lowest BCUT2D eigenvalue weighted by Gasteiger charge is -2.22. The molecule has 0 amide bonds. The van der Waals surface area contributed by atoms with Gasteiger partial charge in [-0.25, -0.2) is 8.42 Å². The standard InChI is InChI=1S/C16H22N2O3S/c1-2-3-4-10-18(11-12-19)22(20,21)16-7-5-6-14-13-17-9-8-15(14)16/h5-9,13,19H,2-4,10-12H2,1H3. The topological polar surface area (TPSA) is 70.5 Å². The minimum Gasteiger partial charge on any atom is -0.395 e. The Morgan fingerprint density at radius 3 is 2.73 bits per heavy atom. The first kappa shape index (κ1) is 16.9. The fraction of sp³-hybridized carbons (Fsp3) is 0.438. The normalized spacial score (nSPS) is 12.1. The summed E-state index contributed by atoms with van der Waals surface area (Å²) in [4.78, 5) is 4.30. The predicted molar refractivity (Wildman–Crippen MR) is 87.1 cm³/mol. The highest BCUT2D eigenvalue weighted by Gasteiger charge is 2.25. The van der Waals surface area contributed by atoms with Crippen molar-refractivity contribution in [1.29, 1.82) is 0 Å². The van der Waals surface area contributed by atoms with Crippen molar-refractivity contribution in [3.8, 4) is 0 Å². The van der Waals surface area contributed by atoms with Crippen molar-refractivity contribution in [3.05, 3.63) is 36.7 Å². The van der Waals surface area contributed by atoms with Gasteiger partial charge in [0.05, 0.1) is 11.5 Å². The first-order valence-electron chi connectivity index (χ1n) is 7.55. The van der Waals surface area contributed by atoms with Gasteiger partial charge >= 0.3 is 0 Å². The third-order valence-electron chi connectivity index (χ3n) is 3.62. The first-order chi connectivity index (χ1) is 10.6. The second-order valence-electron chi connectivity index (χ2n) is 5.19. The molecule has 2 aromatic rings.